The highest BCUT2D eigenvalue weighted by molar-refractivity contribution is 5.89. The fourth-order valence-electron chi connectivity index (χ4n) is 2.60. The summed E-state index contributed by atoms with van der Waals surface area (Å²) in [5.41, 5.74) is 1.84. The predicted molar refractivity (Wildman–Crippen MR) is 95.6 cm³/mol. The van der Waals surface area contributed by atoms with E-state index in [0.717, 1.165) is 5.69 Å². The van der Waals surface area contributed by atoms with Crippen LogP contribution in [0.4, 0.5) is 11.4 Å². The summed E-state index contributed by atoms with van der Waals surface area (Å²) in [6.45, 7) is 3.12. The van der Waals surface area contributed by atoms with Gasteiger partial charge in [0.1, 0.15) is 5.41 Å². The molecule has 2 rings (SSSR count). The summed E-state index contributed by atoms with van der Waals surface area (Å²) in [5.74, 6) is -1.09. The summed E-state index contributed by atoms with van der Waals surface area (Å²) in [5, 5.41) is 12.5. The molecule has 2 aromatic carbocycles. The van der Waals surface area contributed by atoms with Gasteiger partial charge in [-0.15, -0.1) is 0 Å². The highest BCUT2D eigenvalue weighted by Crippen LogP contribution is 2.34. The van der Waals surface area contributed by atoms with Crippen molar-refractivity contribution in [3.8, 4) is 0 Å². The molecule has 1 unspecified atom stereocenters. The minimum absolute atomic E-state index is 0.164. The van der Waals surface area contributed by atoms with Gasteiger partial charge in [0.05, 0.1) is 0 Å². The van der Waals surface area contributed by atoms with Crippen molar-refractivity contribution in [2.45, 2.75) is 19.3 Å². The number of carbonyl (C=O) groups excluding carboxylic acids is 1. The van der Waals surface area contributed by atoms with Crippen molar-refractivity contribution < 1.29 is 14.7 Å². The van der Waals surface area contributed by atoms with E-state index in [1.165, 1.54) is 6.92 Å². The number of rotatable bonds is 5. The first-order valence-corrected chi connectivity index (χ1v) is 7.64. The van der Waals surface area contributed by atoms with E-state index in [2.05, 4.69) is 5.32 Å². The van der Waals surface area contributed by atoms with Crippen LogP contribution < -0.4 is 10.2 Å². The number of nitrogens with one attached hydrogen (secondary N) is 1. The zero-order chi connectivity index (χ0) is 17.9. The van der Waals surface area contributed by atoms with Crippen molar-refractivity contribution >= 4 is 23.3 Å². The summed E-state index contributed by atoms with van der Waals surface area (Å²) >= 11 is 0. The summed E-state index contributed by atoms with van der Waals surface area (Å²) in [4.78, 5) is 25.1. The Balaban J connectivity index is 2.43. The molecule has 0 aromatic heterocycles. The van der Waals surface area contributed by atoms with E-state index in [1.54, 1.807) is 31.2 Å². The Kier molecular flexibility index (Phi) is 4.93. The smallest absolute Gasteiger partial charge is 0.318 e. The summed E-state index contributed by atoms with van der Waals surface area (Å²) in [6.07, 6.45) is 0. The number of hydrogen-bond acceptors (Lipinski definition) is 3. The van der Waals surface area contributed by atoms with Gasteiger partial charge in [0.25, 0.3) is 0 Å². The number of benzene rings is 2. The lowest BCUT2D eigenvalue weighted by Gasteiger charge is -2.27. The number of amides is 1. The summed E-state index contributed by atoms with van der Waals surface area (Å²) < 4.78 is 0. The summed E-state index contributed by atoms with van der Waals surface area (Å²) in [7, 11) is 3.87. The van der Waals surface area contributed by atoms with Gasteiger partial charge in [-0.25, -0.2) is 0 Å². The molecule has 0 aliphatic carbocycles. The van der Waals surface area contributed by atoms with Crippen LogP contribution in [0.5, 0.6) is 0 Å². The highest BCUT2D eigenvalue weighted by atomic mass is 16.4. The van der Waals surface area contributed by atoms with E-state index in [0.29, 0.717) is 16.8 Å². The molecular weight excluding hydrogens is 304 g/mol. The van der Waals surface area contributed by atoms with Crippen LogP contribution >= 0.6 is 0 Å². The van der Waals surface area contributed by atoms with Gasteiger partial charge in [-0.05, 0) is 42.3 Å². The molecule has 0 bridgehead atoms. The number of carboxylic acids is 1. The molecule has 0 aliphatic rings. The lowest BCUT2D eigenvalue weighted by molar-refractivity contribution is -0.141. The second kappa shape index (κ2) is 6.74. The molecule has 24 heavy (non-hydrogen) atoms. The first-order valence-electron chi connectivity index (χ1n) is 7.64. The van der Waals surface area contributed by atoms with Crippen LogP contribution in [0, 0.1) is 0 Å². The van der Waals surface area contributed by atoms with Gasteiger partial charge >= 0.3 is 5.97 Å². The van der Waals surface area contributed by atoms with Crippen LogP contribution in [-0.4, -0.2) is 31.1 Å². The molecule has 2 aromatic rings. The Morgan fingerprint density at radius 1 is 0.958 bits per heavy atom. The van der Waals surface area contributed by atoms with Crippen molar-refractivity contribution in [3.63, 3.8) is 0 Å². The molecule has 5 nitrogen and oxygen atoms in total. The third-order valence-corrected chi connectivity index (χ3v) is 4.17. The van der Waals surface area contributed by atoms with Crippen molar-refractivity contribution in [1.29, 1.82) is 0 Å². The van der Waals surface area contributed by atoms with Gasteiger partial charge in [0.15, 0.2) is 0 Å². The van der Waals surface area contributed by atoms with Crippen LogP contribution in [0.2, 0.25) is 0 Å². The predicted octanol–water partition coefficient (Wildman–Crippen LogP) is 3.10. The highest BCUT2D eigenvalue weighted by Gasteiger charge is 2.37. The van der Waals surface area contributed by atoms with E-state index in [9.17, 15) is 14.7 Å². The molecule has 0 fully saturated rings. The second-order valence-corrected chi connectivity index (χ2v) is 6.13. The van der Waals surface area contributed by atoms with Crippen LogP contribution in [0.15, 0.2) is 48.5 Å². The van der Waals surface area contributed by atoms with Gasteiger partial charge in [-0.3, -0.25) is 9.59 Å². The minimum Gasteiger partial charge on any atom is -0.480 e. The molecule has 0 aliphatic heterocycles. The average Bonchev–Trinajstić information content (AvgIpc) is 2.54. The standard InChI is InChI=1S/C19H22N2O3/c1-13(22)20-16-9-5-14(6-10-16)19(2,18(23)24)15-7-11-17(12-8-15)21(3)4/h5-12H,1-4H3,(H,20,22)(H,23,24). The number of aliphatic carboxylic acids is 1. The molecule has 2 N–H and O–H groups in total. The molecule has 0 spiro atoms. The molecule has 1 atom stereocenters. The fraction of sp³-hybridized carbons (Fsp3) is 0.263. The van der Waals surface area contributed by atoms with E-state index in [1.807, 2.05) is 43.3 Å². The Labute approximate surface area is 141 Å². The van der Waals surface area contributed by atoms with Crippen LogP contribution in [-0.2, 0) is 15.0 Å². The molecule has 0 saturated carbocycles. The molecule has 0 heterocycles. The maximum Gasteiger partial charge on any atom is 0.318 e. The van der Waals surface area contributed by atoms with Gasteiger partial charge < -0.3 is 15.3 Å². The zero-order valence-electron chi connectivity index (χ0n) is 14.3. The first-order chi connectivity index (χ1) is 11.2. The maximum atomic E-state index is 12.0. The number of hydrogen-bond donors (Lipinski definition) is 2. The largest absolute Gasteiger partial charge is 0.480 e. The Bertz CT molecular complexity index is 736. The zero-order valence-corrected chi connectivity index (χ0v) is 14.3. The van der Waals surface area contributed by atoms with Crippen LogP contribution in [0.3, 0.4) is 0 Å². The number of anilines is 2. The molecule has 5 heteroatoms. The fourth-order valence-corrected chi connectivity index (χ4v) is 2.60. The quantitative estimate of drug-likeness (QED) is 0.886. The molecule has 126 valence electrons. The van der Waals surface area contributed by atoms with Crippen molar-refractivity contribution in [1.82, 2.24) is 0 Å². The molecular formula is C19H22N2O3. The lowest BCUT2D eigenvalue weighted by atomic mass is 9.76. The topological polar surface area (TPSA) is 69.6 Å². The Hall–Kier alpha value is -2.82. The van der Waals surface area contributed by atoms with E-state index in [-0.39, 0.29) is 5.91 Å². The molecule has 0 radical (unpaired) electrons. The first kappa shape index (κ1) is 17.5. The van der Waals surface area contributed by atoms with Crippen molar-refractivity contribution in [2.75, 3.05) is 24.3 Å². The van der Waals surface area contributed by atoms with Crippen LogP contribution in [0.25, 0.3) is 0 Å². The van der Waals surface area contributed by atoms with E-state index < -0.39 is 11.4 Å². The van der Waals surface area contributed by atoms with Crippen LogP contribution in [0.1, 0.15) is 25.0 Å². The van der Waals surface area contributed by atoms with Gasteiger partial charge in [0, 0.05) is 32.4 Å². The van der Waals surface area contributed by atoms with Gasteiger partial charge in [-0.2, -0.15) is 0 Å². The second-order valence-electron chi connectivity index (χ2n) is 6.13. The average molecular weight is 326 g/mol. The maximum absolute atomic E-state index is 12.0. The van der Waals surface area contributed by atoms with Crippen molar-refractivity contribution in [3.05, 3.63) is 59.7 Å². The van der Waals surface area contributed by atoms with Gasteiger partial charge in [0.2, 0.25) is 5.91 Å². The number of carbonyl (C=O) groups is 2. The molecule has 1 amide bonds. The SMILES string of the molecule is CC(=O)Nc1ccc(C(C)(C(=O)O)c2ccc(N(C)C)cc2)cc1. The minimum atomic E-state index is -1.17. The number of carboxylic acid groups (broad SMARTS) is 1. The van der Waals surface area contributed by atoms with E-state index >= 15 is 0 Å². The Morgan fingerprint density at radius 2 is 1.42 bits per heavy atom. The Morgan fingerprint density at radius 3 is 1.79 bits per heavy atom. The summed E-state index contributed by atoms with van der Waals surface area (Å²) in [6, 6.07) is 14.4. The van der Waals surface area contributed by atoms with Gasteiger partial charge in [-0.1, -0.05) is 24.3 Å². The molecule has 0 saturated heterocycles. The normalized spacial score (nSPS) is 13.0. The third kappa shape index (κ3) is 3.40. The number of nitrogens with zero attached hydrogens (tertiary/aromatic N) is 1. The van der Waals surface area contributed by atoms with E-state index in [4.69, 9.17) is 0 Å². The lowest BCUT2D eigenvalue weighted by Crippen LogP contribution is -2.33. The monoisotopic (exact) mass is 326 g/mol. The third-order valence-electron chi connectivity index (χ3n) is 4.17. The van der Waals surface area contributed by atoms with Crippen molar-refractivity contribution in [2.24, 2.45) is 0 Å².